The number of hydrogen-bond acceptors (Lipinski definition) is 5. The van der Waals surface area contributed by atoms with Gasteiger partial charge in [-0.15, -0.1) is 0 Å². The van der Waals surface area contributed by atoms with E-state index in [1.54, 1.807) is 6.07 Å². The van der Waals surface area contributed by atoms with Crippen LogP contribution in [-0.2, 0) is 9.59 Å². The zero-order valence-corrected chi connectivity index (χ0v) is 11.7. The number of aliphatic hydroxyl groups is 1. The number of aliphatic carboxylic acids is 1. The fourth-order valence-electron chi connectivity index (χ4n) is 2.38. The van der Waals surface area contributed by atoms with Crippen LogP contribution in [0.25, 0.3) is 0 Å². The lowest BCUT2D eigenvalue weighted by atomic mass is 10.1. The molecule has 1 aromatic carbocycles. The van der Waals surface area contributed by atoms with Crippen molar-refractivity contribution in [2.75, 3.05) is 23.3 Å². The molecule has 0 spiro atoms. The molecule has 22 heavy (non-hydrogen) atoms. The summed E-state index contributed by atoms with van der Waals surface area (Å²) in [6.07, 6.45) is 1.02. The second kappa shape index (κ2) is 6.44. The minimum Gasteiger partial charge on any atom is -0.478 e. The number of β-amino-alcohol motifs (C(OH)–C–C–N with tert-alkyl or cyclic N) is 1. The predicted octanol–water partition coefficient (Wildman–Crippen LogP) is 0.369. The maximum Gasteiger partial charge on any atom is 0.394 e. The van der Waals surface area contributed by atoms with Crippen LogP contribution in [0.1, 0.15) is 23.2 Å². The van der Waals surface area contributed by atoms with Gasteiger partial charge in [0, 0.05) is 18.8 Å². The average Bonchev–Trinajstić information content (AvgIpc) is 2.46. The van der Waals surface area contributed by atoms with Crippen LogP contribution < -0.4 is 10.2 Å². The molecule has 1 fully saturated rings. The Kier molecular flexibility index (Phi) is 4.62. The number of carboxylic acids is 2. The van der Waals surface area contributed by atoms with Gasteiger partial charge in [0.25, 0.3) is 0 Å². The van der Waals surface area contributed by atoms with E-state index in [0.717, 1.165) is 6.42 Å². The lowest BCUT2D eigenvalue weighted by molar-refractivity contribution is -0.147. The molecule has 1 unspecified atom stereocenters. The van der Waals surface area contributed by atoms with Crippen molar-refractivity contribution in [3.63, 3.8) is 0 Å². The van der Waals surface area contributed by atoms with Crippen molar-refractivity contribution in [2.24, 2.45) is 0 Å². The molecule has 0 aromatic heterocycles. The summed E-state index contributed by atoms with van der Waals surface area (Å²) >= 11 is 0. The fourth-order valence-corrected chi connectivity index (χ4v) is 2.38. The Labute approximate surface area is 126 Å². The number of benzene rings is 1. The number of nitrogens with one attached hydrogen (secondary N) is 1. The molecule has 1 aliphatic rings. The fraction of sp³-hybridized carbons (Fsp3) is 0.357. The molecule has 0 radical (unpaired) electrons. The van der Waals surface area contributed by atoms with E-state index < -0.39 is 23.9 Å². The number of carboxylic acid groups (broad SMARTS) is 2. The van der Waals surface area contributed by atoms with Gasteiger partial charge in [-0.25, -0.2) is 9.59 Å². The summed E-state index contributed by atoms with van der Waals surface area (Å²) in [5, 5.41) is 29.5. The maximum absolute atomic E-state index is 11.3. The Bertz CT molecular complexity index is 615. The van der Waals surface area contributed by atoms with Crippen molar-refractivity contribution in [3.8, 4) is 0 Å². The minimum atomic E-state index is -1.70. The Morgan fingerprint density at radius 2 is 1.95 bits per heavy atom. The van der Waals surface area contributed by atoms with E-state index in [2.05, 4.69) is 5.32 Å². The Balaban J connectivity index is 2.31. The van der Waals surface area contributed by atoms with Crippen LogP contribution in [0.4, 0.5) is 11.4 Å². The van der Waals surface area contributed by atoms with E-state index in [0.29, 0.717) is 25.2 Å². The van der Waals surface area contributed by atoms with Gasteiger partial charge in [0.15, 0.2) is 0 Å². The number of carbonyl (C=O) groups is 3. The third-order valence-electron chi connectivity index (χ3n) is 3.44. The molecule has 1 aliphatic heterocycles. The Morgan fingerprint density at radius 3 is 2.55 bits per heavy atom. The predicted molar refractivity (Wildman–Crippen MR) is 77.1 cm³/mol. The van der Waals surface area contributed by atoms with Crippen LogP contribution >= 0.6 is 0 Å². The SMILES string of the molecule is O=C(O)C(=O)Nc1cc(N2CCCC(O)C2)ccc1C(=O)O. The number of aromatic carboxylic acids is 1. The monoisotopic (exact) mass is 308 g/mol. The standard InChI is InChI=1S/C14H16N2O6/c17-9-2-1-5-16(7-9)8-3-4-10(13(19)20)11(6-8)15-12(18)14(21)22/h3-4,6,9,17H,1-2,5,7H2,(H,15,18)(H,19,20)(H,21,22). The van der Waals surface area contributed by atoms with Crippen molar-refractivity contribution >= 4 is 29.2 Å². The molecule has 1 atom stereocenters. The highest BCUT2D eigenvalue weighted by Gasteiger charge is 2.21. The number of anilines is 2. The summed E-state index contributed by atoms with van der Waals surface area (Å²) in [7, 11) is 0. The zero-order valence-electron chi connectivity index (χ0n) is 11.7. The summed E-state index contributed by atoms with van der Waals surface area (Å²) in [4.78, 5) is 34.9. The molecular weight excluding hydrogens is 292 g/mol. The molecule has 118 valence electrons. The molecule has 4 N–H and O–H groups in total. The quantitative estimate of drug-likeness (QED) is 0.594. The van der Waals surface area contributed by atoms with Gasteiger partial charge >= 0.3 is 17.8 Å². The van der Waals surface area contributed by atoms with Crippen molar-refractivity contribution < 1.29 is 29.7 Å². The maximum atomic E-state index is 11.3. The molecule has 1 saturated heterocycles. The third kappa shape index (κ3) is 3.53. The number of rotatable bonds is 3. The summed E-state index contributed by atoms with van der Waals surface area (Å²) in [5.74, 6) is -4.28. The molecule has 8 heteroatoms. The molecular formula is C14H16N2O6. The van der Waals surface area contributed by atoms with Crippen LogP contribution in [0, 0.1) is 0 Å². The minimum absolute atomic E-state index is 0.0857. The van der Waals surface area contributed by atoms with E-state index in [1.165, 1.54) is 12.1 Å². The first-order valence-corrected chi connectivity index (χ1v) is 6.73. The zero-order chi connectivity index (χ0) is 16.3. The Hall–Kier alpha value is -2.61. The number of aliphatic hydroxyl groups excluding tert-OH is 1. The van der Waals surface area contributed by atoms with Crippen molar-refractivity contribution in [2.45, 2.75) is 18.9 Å². The van der Waals surface area contributed by atoms with Crippen molar-refractivity contribution in [3.05, 3.63) is 23.8 Å². The molecule has 2 rings (SSSR count). The highest BCUT2D eigenvalue weighted by atomic mass is 16.4. The van der Waals surface area contributed by atoms with Gasteiger partial charge in [0.1, 0.15) is 0 Å². The molecule has 1 aromatic rings. The summed E-state index contributed by atoms with van der Waals surface area (Å²) < 4.78 is 0. The first kappa shape index (κ1) is 15.8. The van der Waals surface area contributed by atoms with Crippen molar-refractivity contribution in [1.29, 1.82) is 0 Å². The van der Waals surface area contributed by atoms with Crippen molar-refractivity contribution in [1.82, 2.24) is 0 Å². The molecule has 0 bridgehead atoms. The molecule has 1 amide bonds. The summed E-state index contributed by atoms with van der Waals surface area (Å²) in [5.41, 5.74) is 0.331. The van der Waals surface area contributed by atoms with Gasteiger partial charge in [-0.05, 0) is 31.0 Å². The summed E-state index contributed by atoms with van der Waals surface area (Å²) in [6, 6.07) is 4.27. The highest BCUT2D eigenvalue weighted by Crippen LogP contribution is 2.26. The largest absolute Gasteiger partial charge is 0.478 e. The van der Waals surface area contributed by atoms with Gasteiger partial charge in [-0.3, -0.25) is 4.79 Å². The second-order valence-electron chi connectivity index (χ2n) is 5.04. The molecule has 8 nitrogen and oxygen atoms in total. The van der Waals surface area contributed by atoms with Gasteiger partial charge in [0.2, 0.25) is 0 Å². The van der Waals surface area contributed by atoms with Crippen LogP contribution in [-0.4, -0.2) is 52.4 Å². The lowest BCUT2D eigenvalue weighted by Gasteiger charge is -2.32. The number of amides is 1. The summed E-state index contributed by atoms with van der Waals surface area (Å²) in [6.45, 7) is 1.09. The average molecular weight is 308 g/mol. The number of carbonyl (C=O) groups excluding carboxylic acids is 1. The second-order valence-corrected chi connectivity index (χ2v) is 5.04. The van der Waals surface area contributed by atoms with E-state index in [-0.39, 0.29) is 11.3 Å². The van der Waals surface area contributed by atoms with Crippen LogP contribution in [0.2, 0.25) is 0 Å². The smallest absolute Gasteiger partial charge is 0.394 e. The van der Waals surface area contributed by atoms with E-state index >= 15 is 0 Å². The van der Waals surface area contributed by atoms with Gasteiger partial charge < -0.3 is 25.5 Å². The Morgan fingerprint density at radius 1 is 1.23 bits per heavy atom. The third-order valence-corrected chi connectivity index (χ3v) is 3.44. The molecule has 0 saturated carbocycles. The topological polar surface area (TPSA) is 127 Å². The van der Waals surface area contributed by atoms with E-state index in [4.69, 9.17) is 10.2 Å². The molecule has 1 heterocycles. The lowest BCUT2D eigenvalue weighted by Crippen LogP contribution is -2.38. The number of nitrogens with zero attached hydrogens (tertiary/aromatic N) is 1. The van der Waals surface area contributed by atoms with Gasteiger partial charge in [-0.1, -0.05) is 0 Å². The molecule has 0 aliphatic carbocycles. The normalized spacial score (nSPS) is 17.9. The highest BCUT2D eigenvalue weighted by molar-refractivity contribution is 6.36. The first-order chi connectivity index (χ1) is 10.4. The number of hydrogen-bond donors (Lipinski definition) is 4. The van der Waals surface area contributed by atoms with Crippen LogP contribution in [0.15, 0.2) is 18.2 Å². The van der Waals surface area contributed by atoms with E-state index in [1.807, 2.05) is 4.90 Å². The van der Waals surface area contributed by atoms with E-state index in [9.17, 15) is 19.5 Å². The first-order valence-electron chi connectivity index (χ1n) is 6.73. The van der Waals surface area contributed by atoms with Gasteiger partial charge in [0.05, 0.1) is 17.4 Å². The van der Waals surface area contributed by atoms with Crippen LogP contribution in [0.5, 0.6) is 0 Å². The van der Waals surface area contributed by atoms with Crippen LogP contribution in [0.3, 0.4) is 0 Å². The number of piperidine rings is 1. The van der Waals surface area contributed by atoms with Gasteiger partial charge in [-0.2, -0.15) is 0 Å².